The molecule has 9 heteroatoms. The largest absolute Gasteiger partial charge is 0.359 e. The van der Waals surface area contributed by atoms with Crippen molar-refractivity contribution in [1.29, 1.82) is 0 Å². The zero-order valence-electron chi connectivity index (χ0n) is 15.6. The van der Waals surface area contributed by atoms with Crippen molar-refractivity contribution in [2.24, 2.45) is 0 Å². The molecular weight excluding hydrogens is 392 g/mol. The van der Waals surface area contributed by atoms with E-state index in [2.05, 4.69) is 20.6 Å². The SMILES string of the molecule is O=C(NCC(c1ccccc1)n1ccnc1)C(=O)Nc1c[nH]c2cc(F)c(F)cc12. The van der Waals surface area contributed by atoms with E-state index in [1.165, 1.54) is 6.20 Å². The third-order valence-electron chi connectivity index (χ3n) is 4.70. The maximum atomic E-state index is 13.5. The van der Waals surface area contributed by atoms with Crippen LogP contribution in [-0.2, 0) is 9.59 Å². The Morgan fingerprint density at radius 2 is 1.87 bits per heavy atom. The van der Waals surface area contributed by atoms with Crippen LogP contribution in [0.5, 0.6) is 0 Å². The third-order valence-corrected chi connectivity index (χ3v) is 4.70. The van der Waals surface area contributed by atoms with E-state index in [-0.39, 0.29) is 23.7 Å². The summed E-state index contributed by atoms with van der Waals surface area (Å²) in [5, 5.41) is 5.29. The highest BCUT2D eigenvalue weighted by Gasteiger charge is 2.20. The molecule has 0 saturated heterocycles. The first kappa shape index (κ1) is 19.3. The number of halogens is 2. The summed E-state index contributed by atoms with van der Waals surface area (Å²) in [7, 11) is 0. The van der Waals surface area contributed by atoms with Gasteiger partial charge in [0.15, 0.2) is 11.6 Å². The molecule has 2 aromatic heterocycles. The molecule has 0 saturated carbocycles. The number of aromatic amines is 1. The standard InChI is InChI=1S/C21H17F2N5O2/c22-15-8-14-17(9-16(15)23)25-10-18(14)27-21(30)20(29)26-11-19(28-7-6-24-12-28)13-4-2-1-3-5-13/h1-10,12,19,25H,11H2,(H,26,29)(H,27,30). The van der Waals surface area contributed by atoms with Gasteiger partial charge in [0, 0.05) is 36.6 Å². The van der Waals surface area contributed by atoms with Gasteiger partial charge in [0.2, 0.25) is 0 Å². The van der Waals surface area contributed by atoms with Crippen LogP contribution in [0.15, 0.2) is 67.4 Å². The van der Waals surface area contributed by atoms with E-state index in [4.69, 9.17) is 0 Å². The van der Waals surface area contributed by atoms with Crippen LogP contribution in [0.3, 0.4) is 0 Å². The average Bonchev–Trinajstić information content (AvgIpc) is 3.40. The van der Waals surface area contributed by atoms with Crippen LogP contribution in [0.4, 0.5) is 14.5 Å². The molecule has 4 aromatic rings. The number of nitrogens with one attached hydrogen (secondary N) is 3. The second-order valence-corrected chi connectivity index (χ2v) is 6.61. The summed E-state index contributed by atoms with van der Waals surface area (Å²) in [6, 6.07) is 11.2. The normalized spacial score (nSPS) is 11.9. The van der Waals surface area contributed by atoms with Crippen molar-refractivity contribution in [3.63, 3.8) is 0 Å². The number of rotatable bonds is 5. The van der Waals surface area contributed by atoms with Gasteiger partial charge in [-0.15, -0.1) is 0 Å². The number of carbonyl (C=O) groups is 2. The van der Waals surface area contributed by atoms with Gasteiger partial charge in [-0.05, 0) is 11.6 Å². The van der Waals surface area contributed by atoms with Crippen molar-refractivity contribution in [1.82, 2.24) is 19.9 Å². The predicted molar refractivity (Wildman–Crippen MR) is 107 cm³/mol. The van der Waals surface area contributed by atoms with E-state index in [0.29, 0.717) is 5.52 Å². The maximum Gasteiger partial charge on any atom is 0.313 e. The summed E-state index contributed by atoms with van der Waals surface area (Å²) in [4.78, 5) is 31.4. The summed E-state index contributed by atoms with van der Waals surface area (Å²) in [6.45, 7) is 0.153. The molecule has 152 valence electrons. The molecule has 0 aliphatic rings. The number of aromatic nitrogens is 3. The number of hydrogen-bond acceptors (Lipinski definition) is 3. The molecule has 0 fully saturated rings. The maximum absolute atomic E-state index is 13.5. The monoisotopic (exact) mass is 409 g/mol. The summed E-state index contributed by atoms with van der Waals surface area (Å²) in [6.07, 6.45) is 6.39. The highest BCUT2D eigenvalue weighted by atomic mass is 19.2. The molecule has 0 spiro atoms. The van der Waals surface area contributed by atoms with Crippen molar-refractivity contribution in [2.75, 3.05) is 11.9 Å². The zero-order valence-corrected chi connectivity index (χ0v) is 15.6. The molecule has 0 radical (unpaired) electrons. The number of nitrogens with zero attached hydrogens (tertiary/aromatic N) is 2. The molecule has 0 aliphatic carbocycles. The van der Waals surface area contributed by atoms with Gasteiger partial charge in [0.25, 0.3) is 0 Å². The average molecular weight is 409 g/mol. The minimum atomic E-state index is -1.05. The number of H-pyrrole nitrogens is 1. The fourth-order valence-corrected chi connectivity index (χ4v) is 3.19. The molecule has 0 bridgehead atoms. The van der Waals surface area contributed by atoms with Crippen LogP contribution in [0.1, 0.15) is 11.6 Å². The van der Waals surface area contributed by atoms with Crippen LogP contribution in [-0.4, -0.2) is 32.9 Å². The summed E-state index contributed by atoms with van der Waals surface area (Å²) >= 11 is 0. The van der Waals surface area contributed by atoms with Gasteiger partial charge in [0.05, 0.1) is 23.6 Å². The smallest absolute Gasteiger partial charge is 0.313 e. The highest BCUT2D eigenvalue weighted by molar-refractivity contribution is 6.40. The fourth-order valence-electron chi connectivity index (χ4n) is 3.19. The van der Waals surface area contributed by atoms with Gasteiger partial charge in [-0.2, -0.15) is 0 Å². The molecule has 2 aromatic carbocycles. The van der Waals surface area contributed by atoms with E-state index in [1.54, 1.807) is 18.7 Å². The zero-order chi connectivity index (χ0) is 21.1. The number of fused-ring (bicyclic) bond motifs is 1. The molecule has 3 N–H and O–H groups in total. The van der Waals surface area contributed by atoms with Gasteiger partial charge < -0.3 is 20.2 Å². The minimum Gasteiger partial charge on any atom is -0.359 e. The minimum absolute atomic E-state index is 0.153. The Bertz CT molecular complexity index is 1190. The van der Waals surface area contributed by atoms with E-state index < -0.39 is 23.4 Å². The second kappa shape index (κ2) is 8.16. The number of hydrogen-bond donors (Lipinski definition) is 3. The van der Waals surface area contributed by atoms with E-state index in [0.717, 1.165) is 17.7 Å². The molecule has 4 rings (SSSR count). The Hall–Kier alpha value is -4.01. The molecule has 7 nitrogen and oxygen atoms in total. The molecule has 2 heterocycles. The van der Waals surface area contributed by atoms with Crippen LogP contribution >= 0.6 is 0 Å². The molecule has 1 atom stereocenters. The number of benzene rings is 2. The van der Waals surface area contributed by atoms with Gasteiger partial charge in [-0.1, -0.05) is 30.3 Å². The van der Waals surface area contributed by atoms with Crippen LogP contribution in [0.25, 0.3) is 10.9 Å². The molecular formula is C21H17F2N5O2. The van der Waals surface area contributed by atoms with Crippen molar-refractivity contribution >= 4 is 28.4 Å². The topological polar surface area (TPSA) is 91.8 Å². The molecule has 30 heavy (non-hydrogen) atoms. The van der Waals surface area contributed by atoms with Crippen LogP contribution in [0, 0.1) is 11.6 Å². The second-order valence-electron chi connectivity index (χ2n) is 6.61. The van der Waals surface area contributed by atoms with Gasteiger partial charge in [0.1, 0.15) is 0 Å². The van der Waals surface area contributed by atoms with Crippen molar-refractivity contribution in [3.8, 4) is 0 Å². The lowest BCUT2D eigenvalue weighted by molar-refractivity contribution is -0.136. The summed E-state index contributed by atoms with van der Waals surface area (Å²) < 4.78 is 28.7. The lowest BCUT2D eigenvalue weighted by Crippen LogP contribution is -2.38. The number of anilines is 1. The Morgan fingerprint density at radius 3 is 2.60 bits per heavy atom. The van der Waals surface area contributed by atoms with Crippen molar-refractivity contribution in [3.05, 3.63) is 84.6 Å². The Morgan fingerprint density at radius 1 is 1.10 bits per heavy atom. The number of carbonyl (C=O) groups excluding carboxylic acids is 2. The third kappa shape index (κ3) is 3.90. The highest BCUT2D eigenvalue weighted by Crippen LogP contribution is 2.25. The van der Waals surface area contributed by atoms with Crippen LogP contribution < -0.4 is 10.6 Å². The predicted octanol–water partition coefficient (Wildman–Crippen LogP) is 2.99. The van der Waals surface area contributed by atoms with Crippen molar-refractivity contribution in [2.45, 2.75) is 6.04 Å². The summed E-state index contributed by atoms with van der Waals surface area (Å²) in [5.41, 5.74) is 1.41. The van der Waals surface area contributed by atoms with Gasteiger partial charge >= 0.3 is 11.8 Å². The fraction of sp³-hybridized carbons (Fsp3) is 0.0952. The molecule has 0 aliphatic heterocycles. The lowest BCUT2D eigenvalue weighted by atomic mass is 10.1. The quantitative estimate of drug-likeness (QED) is 0.443. The first-order chi connectivity index (χ1) is 14.5. The Labute approximate surface area is 169 Å². The van der Waals surface area contributed by atoms with Crippen molar-refractivity contribution < 1.29 is 18.4 Å². The summed E-state index contributed by atoms with van der Waals surface area (Å²) in [5.74, 6) is -3.83. The molecule has 1 unspecified atom stereocenters. The van der Waals surface area contributed by atoms with E-state index in [9.17, 15) is 18.4 Å². The first-order valence-corrected chi connectivity index (χ1v) is 9.10. The van der Waals surface area contributed by atoms with Crippen LogP contribution in [0.2, 0.25) is 0 Å². The van der Waals surface area contributed by atoms with Gasteiger partial charge in [-0.25, -0.2) is 13.8 Å². The number of imidazole rings is 1. The lowest BCUT2D eigenvalue weighted by Gasteiger charge is -2.19. The Balaban J connectivity index is 1.46. The molecule has 2 amide bonds. The number of amides is 2. The first-order valence-electron chi connectivity index (χ1n) is 9.10. The van der Waals surface area contributed by atoms with E-state index >= 15 is 0 Å². The van der Waals surface area contributed by atoms with Gasteiger partial charge in [-0.3, -0.25) is 9.59 Å². The Kier molecular flexibility index (Phi) is 5.25. The van der Waals surface area contributed by atoms with E-state index in [1.807, 2.05) is 34.9 Å².